The molecule has 0 atom stereocenters. The van der Waals surface area contributed by atoms with Gasteiger partial charge in [-0.1, -0.05) is 11.6 Å². The normalized spacial score (nSPS) is 10.3. The van der Waals surface area contributed by atoms with Crippen LogP contribution in [0, 0.1) is 25.2 Å². The van der Waals surface area contributed by atoms with Crippen LogP contribution < -0.4 is 4.74 Å². The molecule has 0 N–H and O–H groups in total. The van der Waals surface area contributed by atoms with Crippen LogP contribution in [-0.4, -0.2) is 24.2 Å². The predicted molar refractivity (Wildman–Crippen MR) is 98.2 cm³/mol. The first kappa shape index (κ1) is 17.4. The smallest absolute Gasteiger partial charge is 0.339 e. The van der Waals surface area contributed by atoms with Crippen molar-refractivity contribution in [2.75, 3.05) is 13.2 Å². The highest BCUT2D eigenvalue weighted by atomic mass is 16.6. The van der Waals surface area contributed by atoms with Crippen molar-refractivity contribution >= 4 is 16.9 Å². The van der Waals surface area contributed by atoms with Crippen molar-refractivity contribution in [3.8, 4) is 11.8 Å². The third-order valence-corrected chi connectivity index (χ3v) is 3.88. The van der Waals surface area contributed by atoms with Crippen molar-refractivity contribution < 1.29 is 14.3 Å². The van der Waals surface area contributed by atoms with Crippen LogP contribution in [-0.2, 0) is 4.74 Å². The van der Waals surface area contributed by atoms with Crippen LogP contribution in [0.1, 0.15) is 27.2 Å². The average molecular weight is 346 g/mol. The van der Waals surface area contributed by atoms with Crippen LogP contribution in [0.5, 0.6) is 5.75 Å². The minimum absolute atomic E-state index is 0.132. The molecule has 3 aromatic rings. The zero-order valence-electron chi connectivity index (χ0n) is 14.7. The SMILES string of the molecule is Cc1ccc2nc(C)cc(C(=O)OCCOc3ccc(C#N)cc3)c2c1. The van der Waals surface area contributed by atoms with Crippen molar-refractivity contribution in [2.45, 2.75) is 13.8 Å². The monoisotopic (exact) mass is 346 g/mol. The van der Waals surface area contributed by atoms with Crippen LogP contribution in [0.25, 0.3) is 10.9 Å². The summed E-state index contributed by atoms with van der Waals surface area (Å²) in [5, 5.41) is 9.56. The lowest BCUT2D eigenvalue weighted by Crippen LogP contribution is -2.13. The van der Waals surface area contributed by atoms with Crippen LogP contribution >= 0.6 is 0 Å². The third-order valence-electron chi connectivity index (χ3n) is 3.88. The second-order valence-corrected chi connectivity index (χ2v) is 5.95. The van der Waals surface area contributed by atoms with E-state index in [1.54, 1.807) is 30.3 Å². The Hall–Kier alpha value is -3.39. The number of rotatable bonds is 5. The molecule has 0 aliphatic heterocycles. The van der Waals surface area contributed by atoms with Gasteiger partial charge in [0.05, 0.1) is 22.7 Å². The van der Waals surface area contributed by atoms with Crippen LogP contribution in [0.15, 0.2) is 48.5 Å². The highest BCUT2D eigenvalue weighted by molar-refractivity contribution is 6.03. The third kappa shape index (κ3) is 3.98. The maximum atomic E-state index is 12.5. The van der Waals surface area contributed by atoms with Crippen molar-refractivity contribution in [2.24, 2.45) is 0 Å². The molecular weight excluding hydrogens is 328 g/mol. The maximum Gasteiger partial charge on any atom is 0.339 e. The van der Waals surface area contributed by atoms with Crippen molar-refractivity contribution in [3.05, 3.63) is 70.9 Å². The molecule has 5 nitrogen and oxygen atoms in total. The molecule has 1 heterocycles. The van der Waals surface area contributed by atoms with Gasteiger partial charge in [-0.3, -0.25) is 4.98 Å². The molecule has 0 radical (unpaired) electrons. The molecule has 0 saturated heterocycles. The van der Waals surface area contributed by atoms with E-state index < -0.39 is 5.97 Å². The second-order valence-electron chi connectivity index (χ2n) is 5.95. The predicted octanol–water partition coefficient (Wildman–Crippen LogP) is 3.96. The lowest BCUT2D eigenvalue weighted by molar-refractivity contribution is 0.0452. The van der Waals surface area contributed by atoms with Gasteiger partial charge in [0.25, 0.3) is 0 Å². The number of aromatic nitrogens is 1. The van der Waals surface area contributed by atoms with Gasteiger partial charge in [0, 0.05) is 11.1 Å². The summed E-state index contributed by atoms with van der Waals surface area (Å²) in [6.45, 7) is 4.19. The molecule has 0 fully saturated rings. The summed E-state index contributed by atoms with van der Waals surface area (Å²) in [5.74, 6) is 0.232. The summed E-state index contributed by atoms with van der Waals surface area (Å²) in [7, 11) is 0. The van der Waals surface area contributed by atoms with E-state index in [0.717, 1.165) is 22.2 Å². The second kappa shape index (κ2) is 7.66. The van der Waals surface area contributed by atoms with E-state index in [9.17, 15) is 4.79 Å². The Morgan fingerprint density at radius 1 is 1.08 bits per heavy atom. The summed E-state index contributed by atoms with van der Waals surface area (Å²) < 4.78 is 10.9. The molecule has 0 bridgehead atoms. The number of hydrogen-bond acceptors (Lipinski definition) is 5. The number of hydrogen-bond donors (Lipinski definition) is 0. The topological polar surface area (TPSA) is 72.2 Å². The maximum absolute atomic E-state index is 12.5. The quantitative estimate of drug-likeness (QED) is 0.516. The van der Waals surface area contributed by atoms with Crippen LogP contribution in [0.4, 0.5) is 0 Å². The molecule has 5 heteroatoms. The summed E-state index contributed by atoms with van der Waals surface area (Å²) in [5.41, 5.74) is 3.67. The molecule has 0 amide bonds. The van der Waals surface area contributed by atoms with E-state index in [-0.39, 0.29) is 13.2 Å². The first-order valence-corrected chi connectivity index (χ1v) is 8.25. The van der Waals surface area contributed by atoms with Gasteiger partial charge in [-0.05, 0) is 56.3 Å². The number of pyridine rings is 1. The van der Waals surface area contributed by atoms with Gasteiger partial charge in [-0.25, -0.2) is 4.79 Å². The number of benzene rings is 2. The standard InChI is InChI=1S/C21H18N2O3/c1-14-3-8-20-18(11-14)19(12-15(2)23-20)21(24)26-10-9-25-17-6-4-16(13-22)5-7-17/h3-8,11-12H,9-10H2,1-2H3. The van der Waals surface area contributed by atoms with Gasteiger partial charge >= 0.3 is 5.97 Å². The summed E-state index contributed by atoms with van der Waals surface area (Å²) in [6, 6.07) is 16.4. The summed E-state index contributed by atoms with van der Waals surface area (Å²) in [6.07, 6.45) is 0. The molecule has 0 spiro atoms. The molecule has 0 aliphatic carbocycles. The average Bonchev–Trinajstić information content (AvgIpc) is 2.65. The van der Waals surface area contributed by atoms with E-state index in [0.29, 0.717) is 16.9 Å². The van der Waals surface area contributed by atoms with Gasteiger partial charge < -0.3 is 9.47 Å². The number of carbonyl (C=O) groups excluding carboxylic acids is 1. The Morgan fingerprint density at radius 2 is 1.85 bits per heavy atom. The van der Waals surface area contributed by atoms with Gasteiger partial charge in [0.15, 0.2) is 0 Å². The lowest BCUT2D eigenvalue weighted by atomic mass is 10.1. The molecule has 0 aliphatic rings. The molecule has 1 aromatic heterocycles. The van der Waals surface area contributed by atoms with Gasteiger partial charge in [0.1, 0.15) is 19.0 Å². The van der Waals surface area contributed by atoms with Gasteiger partial charge in [0.2, 0.25) is 0 Å². The van der Waals surface area contributed by atoms with E-state index in [1.807, 2.05) is 38.1 Å². The minimum atomic E-state index is -0.394. The zero-order chi connectivity index (χ0) is 18.5. The van der Waals surface area contributed by atoms with Crippen molar-refractivity contribution in [1.29, 1.82) is 5.26 Å². The highest BCUT2D eigenvalue weighted by Gasteiger charge is 2.13. The van der Waals surface area contributed by atoms with Crippen LogP contribution in [0.3, 0.4) is 0 Å². The number of carbonyl (C=O) groups is 1. The fourth-order valence-electron chi connectivity index (χ4n) is 2.64. The number of nitriles is 1. The summed E-state index contributed by atoms with van der Waals surface area (Å²) >= 11 is 0. The Kier molecular flexibility index (Phi) is 5.14. The van der Waals surface area contributed by atoms with E-state index in [2.05, 4.69) is 4.98 Å². The molecule has 0 saturated carbocycles. The Labute approximate surface area is 151 Å². The van der Waals surface area contributed by atoms with E-state index >= 15 is 0 Å². The first-order chi connectivity index (χ1) is 12.6. The van der Waals surface area contributed by atoms with E-state index in [4.69, 9.17) is 14.7 Å². The van der Waals surface area contributed by atoms with E-state index in [1.165, 1.54) is 0 Å². The lowest BCUT2D eigenvalue weighted by Gasteiger charge is -2.10. The Balaban J connectivity index is 1.64. The number of nitrogens with zero attached hydrogens (tertiary/aromatic N) is 2. The first-order valence-electron chi connectivity index (χ1n) is 8.25. The molecule has 26 heavy (non-hydrogen) atoms. The highest BCUT2D eigenvalue weighted by Crippen LogP contribution is 2.21. The zero-order valence-corrected chi connectivity index (χ0v) is 14.7. The minimum Gasteiger partial charge on any atom is -0.490 e. The largest absolute Gasteiger partial charge is 0.490 e. The fraction of sp³-hybridized carbons (Fsp3) is 0.190. The Morgan fingerprint density at radius 3 is 2.58 bits per heavy atom. The molecular formula is C21H18N2O3. The van der Waals surface area contributed by atoms with Crippen LogP contribution in [0.2, 0.25) is 0 Å². The van der Waals surface area contributed by atoms with Gasteiger partial charge in [-0.15, -0.1) is 0 Å². The Bertz CT molecular complexity index is 989. The number of esters is 1. The fourth-order valence-corrected chi connectivity index (χ4v) is 2.64. The van der Waals surface area contributed by atoms with Gasteiger partial charge in [-0.2, -0.15) is 5.26 Å². The number of ether oxygens (including phenoxy) is 2. The molecule has 0 unspecified atom stereocenters. The molecule has 130 valence electrons. The molecule has 3 rings (SSSR count). The number of fused-ring (bicyclic) bond motifs is 1. The van der Waals surface area contributed by atoms with Crippen molar-refractivity contribution in [1.82, 2.24) is 4.98 Å². The molecule has 2 aromatic carbocycles. The summed E-state index contributed by atoms with van der Waals surface area (Å²) in [4.78, 5) is 16.9. The van der Waals surface area contributed by atoms with Crippen molar-refractivity contribution in [3.63, 3.8) is 0 Å². The number of aryl methyl sites for hydroxylation is 2.